The molecule has 0 unspecified atom stereocenters. The smallest absolute Gasteiger partial charge is 0.0971 e. The first kappa shape index (κ1) is 21.9. The minimum atomic E-state index is 0.623. The van der Waals surface area contributed by atoms with Gasteiger partial charge in [0.2, 0.25) is 0 Å². The molecule has 2 aliphatic heterocycles. The molecule has 9 heteroatoms. The minimum Gasteiger partial charge on any atom is -0.378 e. The van der Waals surface area contributed by atoms with Crippen LogP contribution in [0.5, 0.6) is 0 Å². The summed E-state index contributed by atoms with van der Waals surface area (Å²) in [7, 11) is 0. The van der Waals surface area contributed by atoms with Crippen molar-refractivity contribution in [2.75, 3.05) is 51.1 Å². The molecule has 1 aliphatic carbocycles. The van der Waals surface area contributed by atoms with Crippen molar-refractivity contribution in [3.63, 3.8) is 0 Å². The summed E-state index contributed by atoms with van der Waals surface area (Å²) in [4.78, 5) is 9.26. The molecule has 3 aliphatic rings. The van der Waals surface area contributed by atoms with Gasteiger partial charge < -0.3 is 14.2 Å². The van der Waals surface area contributed by atoms with Gasteiger partial charge in [-0.15, -0.1) is 23.5 Å². The number of thioether (sulfide) groups is 4. The molecule has 0 atom stereocenters. The highest BCUT2D eigenvalue weighted by Gasteiger charge is 2.32. The van der Waals surface area contributed by atoms with Crippen molar-refractivity contribution >= 4 is 52.6 Å². The van der Waals surface area contributed by atoms with E-state index in [-0.39, 0.29) is 0 Å². The number of pyridine rings is 2. The number of rotatable bonds is 0. The van der Waals surface area contributed by atoms with E-state index in [0.717, 1.165) is 36.1 Å². The Hall–Kier alpha value is -0.940. The van der Waals surface area contributed by atoms with Gasteiger partial charge in [0.1, 0.15) is 0 Å². The van der Waals surface area contributed by atoms with Crippen LogP contribution in [0.25, 0.3) is 17.0 Å². The molecule has 0 fully saturated rings. The summed E-state index contributed by atoms with van der Waals surface area (Å²) >= 11 is 7.50. The summed E-state index contributed by atoms with van der Waals surface area (Å²) in [5.74, 6) is 1.87. The number of aromatic nitrogens is 2. The monoisotopic (exact) mass is 490 g/mol. The molecule has 4 heterocycles. The molecule has 0 N–H and O–H groups in total. The van der Waals surface area contributed by atoms with Crippen LogP contribution in [-0.2, 0) is 14.2 Å². The molecule has 2 aromatic rings. The molecule has 5 rings (SSSR count). The second kappa shape index (κ2) is 10.8. The van der Waals surface area contributed by atoms with Gasteiger partial charge in [-0.25, -0.2) is 0 Å². The van der Waals surface area contributed by atoms with Crippen molar-refractivity contribution in [3.05, 3.63) is 60.5 Å². The largest absolute Gasteiger partial charge is 0.378 e. The van der Waals surface area contributed by atoms with Crippen LogP contribution in [0.2, 0.25) is 0 Å². The molecule has 31 heavy (non-hydrogen) atoms. The van der Waals surface area contributed by atoms with E-state index < -0.39 is 0 Å². The van der Waals surface area contributed by atoms with Crippen LogP contribution in [0, 0.1) is 0 Å². The van der Waals surface area contributed by atoms with E-state index in [9.17, 15) is 0 Å². The molecular formula is C22H22N2O3S4. The van der Waals surface area contributed by atoms with Crippen LogP contribution < -0.4 is 0 Å². The summed E-state index contributed by atoms with van der Waals surface area (Å²) in [6.07, 6.45) is 3.70. The predicted octanol–water partition coefficient (Wildman–Crippen LogP) is 5.31. The van der Waals surface area contributed by atoms with Gasteiger partial charge in [-0.1, -0.05) is 35.7 Å². The number of nitrogens with zero attached hydrogens (tertiary/aromatic N) is 2. The van der Waals surface area contributed by atoms with Gasteiger partial charge in [0.25, 0.3) is 0 Å². The van der Waals surface area contributed by atoms with Crippen LogP contribution >= 0.6 is 47.0 Å². The lowest BCUT2D eigenvalue weighted by Crippen LogP contribution is -2.11. The van der Waals surface area contributed by atoms with E-state index in [4.69, 9.17) is 14.2 Å². The minimum absolute atomic E-state index is 0.623. The number of fused-ring (bicyclic) bond motifs is 3. The van der Waals surface area contributed by atoms with Crippen LogP contribution in [0.3, 0.4) is 0 Å². The van der Waals surface area contributed by atoms with E-state index in [1.54, 1.807) is 0 Å². The van der Waals surface area contributed by atoms with Gasteiger partial charge in [0, 0.05) is 40.6 Å². The second-order valence-corrected chi connectivity index (χ2v) is 11.8. The molecule has 162 valence electrons. The highest BCUT2D eigenvalue weighted by atomic mass is 32.3. The Labute approximate surface area is 199 Å². The Morgan fingerprint density at radius 3 is 1.61 bits per heavy atom. The van der Waals surface area contributed by atoms with Crippen LogP contribution in [0.4, 0.5) is 0 Å². The van der Waals surface area contributed by atoms with Gasteiger partial charge in [-0.3, -0.25) is 9.97 Å². The summed E-state index contributed by atoms with van der Waals surface area (Å²) in [6, 6.07) is 8.34. The molecule has 5 nitrogen and oxygen atoms in total. The Bertz CT molecular complexity index is 936. The molecule has 0 aromatic carbocycles. The van der Waals surface area contributed by atoms with E-state index in [1.165, 1.54) is 29.4 Å². The molecule has 0 spiro atoms. The Balaban J connectivity index is 1.41. The van der Waals surface area contributed by atoms with Gasteiger partial charge in [-0.2, -0.15) is 0 Å². The first-order chi connectivity index (χ1) is 15.4. The Kier molecular flexibility index (Phi) is 7.61. The molecular weight excluding hydrogens is 469 g/mol. The van der Waals surface area contributed by atoms with E-state index >= 15 is 0 Å². The van der Waals surface area contributed by atoms with Gasteiger partial charge in [0.05, 0.1) is 63.7 Å². The number of ether oxygens (including phenoxy) is 3. The molecule has 0 saturated heterocycles. The average molecular weight is 491 g/mol. The standard InChI is InChI=1S/C22H22N2O3S4/c1-3-15-17(16-4-2-6-24-19(16)18(15)23-5-1)20-30-21-22(31-20)29-14-12-27-10-8-25-7-9-26-11-13-28-21/h1-6H,7-14H2. The first-order valence-electron chi connectivity index (χ1n) is 10.2. The van der Waals surface area contributed by atoms with Crippen LogP contribution in [0.1, 0.15) is 11.1 Å². The van der Waals surface area contributed by atoms with Gasteiger partial charge in [0.15, 0.2) is 0 Å². The van der Waals surface area contributed by atoms with E-state index in [0.29, 0.717) is 26.4 Å². The maximum atomic E-state index is 5.72. The van der Waals surface area contributed by atoms with Crippen molar-refractivity contribution in [2.45, 2.75) is 0 Å². The lowest BCUT2D eigenvalue weighted by atomic mass is 10.1. The Morgan fingerprint density at radius 2 is 1.10 bits per heavy atom. The second-order valence-electron chi connectivity index (χ2n) is 6.77. The van der Waals surface area contributed by atoms with E-state index in [1.807, 2.05) is 71.6 Å². The van der Waals surface area contributed by atoms with Gasteiger partial charge in [-0.05, 0) is 12.1 Å². The van der Waals surface area contributed by atoms with Crippen LogP contribution in [0.15, 0.2) is 49.4 Å². The highest BCUT2D eigenvalue weighted by molar-refractivity contribution is 8.40. The molecule has 0 saturated carbocycles. The van der Waals surface area contributed by atoms with Crippen molar-refractivity contribution < 1.29 is 14.2 Å². The van der Waals surface area contributed by atoms with Crippen molar-refractivity contribution in [2.24, 2.45) is 0 Å². The third-order valence-electron chi connectivity index (χ3n) is 4.79. The zero-order valence-corrected chi connectivity index (χ0v) is 20.1. The molecule has 0 radical (unpaired) electrons. The zero-order valence-electron chi connectivity index (χ0n) is 16.9. The fourth-order valence-electron chi connectivity index (χ4n) is 3.44. The zero-order chi connectivity index (χ0) is 20.9. The van der Waals surface area contributed by atoms with Crippen molar-refractivity contribution in [1.82, 2.24) is 9.97 Å². The molecule has 2 aromatic heterocycles. The summed E-state index contributed by atoms with van der Waals surface area (Å²) in [5, 5.41) is 0. The lowest BCUT2D eigenvalue weighted by molar-refractivity contribution is 0.0205. The fraction of sp³-hybridized carbons (Fsp3) is 0.364. The SMILES string of the molecule is c1cnc2c(c1)C(=C1SC3=C(SCCOCCOCCOCCS3)S1)c1cccnc1-2. The first-order valence-corrected chi connectivity index (χ1v) is 13.8. The summed E-state index contributed by atoms with van der Waals surface area (Å²) < 4.78 is 21.0. The summed E-state index contributed by atoms with van der Waals surface area (Å²) in [6.45, 7) is 3.96. The van der Waals surface area contributed by atoms with Crippen LogP contribution in [-0.4, -0.2) is 61.1 Å². The quantitative estimate of drug-likeness (QED) is 0.417. The number of hydrogen-bond acceptors (Lipinski definition) is 9. The summed E-state index contributed by atoms with van der Waals surface area (Å²) in [5.41, 5.74) is 5.58. The third-order valence-corrected chi connectivity index (χ3v) is 10.2. The lowest BCUT2D eigenvalue weighted by Gasteiger charge is -2.08. The van der Waals surface area contributed by atoms with Crippen molar-refractivity contribution in [3.8, 4) is 11.4 Å². The van der Waals surface area contributed by atoms with Crippen molar-refractivity contribution in [1.29, 1.82) is 0 Å². The third kappa shape index (κ3) is 5.03. The Morgan fingerprint density at radius 1 is 0.613 bits per heavy atom. The average Bonchev–Trinajstić information content (AvgIpc) is 3.34. The fourth-order valence-corrected chi connectivity index (χ4v) is 9.25. The topological polar surface area (TPSA) is 53.5 Å². The predicted molar refractivity (Wildman–Crippen MR) is 133 cm³/mol. The maximum absolute atomic E-state index is 5.72. The highest BCUT2D eigenvalue weighted by Crippen LogP contribution is 2.61. The molecule has 0 bridgehead atoms. The maximum Gasteiger partial charge on any atom is 0.0971 e. The molecule has 0 amide bonds. The normalized spacial score (nSPS) is 20.6. The van der Waals surface area contributed by atoms with Gasteiger partial charge >= 0.3 is 0 Å². The van der Waals surface area contributed by atoms with E-state index in [2.05, 4.69) is 22.1 Å². The number of hydrogen-bond donors (Lipinski definition) is 0.